The van der Waals surface area contributed by atoms with Gasteiger partial charge in [-0.3, -0.25) is 4.40 Å². The molecule has 7 heteroatoms. The van der Waals surface area contributed by atoms with Crippen molar-refractivity contribution in [3.63, 3.8) is 0 Å². The molecular formula is C19H15FN4OS. The van der Waals surface area contributed by atoms with E-state index in [2.05, 4.69) is 15.0 Å². The van der Waals surface area contributed by atoms with Crippen LogP contribution in [0.15, 0.2) is 66.1 Å². The van der Waals surface area contributed by atoms with E-state index < -0.39 is 0 Å². The van der Waals surface area contributed by atoms with Gasteiger partial charge in [0.05, 0.1) is 5.69 Å². The SMILES string of the molecule is CSc1cc(F)ccc1-c1cnc2nc(COc3ccccn3)cn2c1. The summed E-state index contributed by atoms with van der Waals surface area (Å²) in [6, 6.07) is 10.3. The summed E-state index contributed by atoms with van der Waals surface area (Å²) < 4.78 is 20.9. The van der Waals surface area contributed by atoms with Gasteiger partial charge in [-0.25, -0.2) is 19.3 Å². The molecule has 0 saturated carbocycles. The molecule has 0 saturated heterocycles. The Morgan fingerprint density at radius 3 is 2.88 bits per heavy atom. The average molecular weight is 366 g/mol. The van der Waals surface area contributed by atoms with E-state index in [1.165, 1.54) is 23.9 Å². The molecule has 0 fully saturated rings. The first-order chi connectivity index (χ1) is 12.7. The zero-order valence-electron chi connectivity index (χ0n) is 14.0. The van der Waals surface area contributed by atoms with Crippen molar-refractivity contribution in [3.05, 3.63) is 72.7 Å². The molecule has 0 amide bonds. The molecule has 0 aliphatic heterocycles. The Morgan fingerprint density at radius 1 is 1.15 bits per heavy atom. The van der Waals surface area contributed by atoms with Crippen molar-refractivity contribution in [1.82, 2.24) is 19.4 Å². The number of imidazole rings is 1. The van der Waals surface area contributed by atoms with E-state index in [0.717, 1.165) is 21.7 Å². The maximum Gasteiger partial charge on any atom is 0.234 e. The molecule has 3 aromatic heterocycles. The van der Waals surface area contributed by atoms with Crippen molar-refractivity contribution in [2.75, 3.05) is 6.26 Å². The Morgan fingerprint density at radius 2 is 2.08 bits per heavy atom. The lowest BCUT2D eigenvalue weighted by atomic mass is 10.1. The van der Waals surface area contributed by atoms with E-state index in [0.29, 0.717) is 18.3 Å². The number of aromatic nitrogens is 4. The fourth-order valence-corrected chi connectivity index (χ4v) is 3.26. The van der Waals surface area contributed by atoms with Crippen LogP contribution < -0.4 is 4.74 Å². The molecular weight excluding hydrogens is 351 g/mol. The smallest absolute Gasteiger partial charge is 0.234 e. The number of thioether (sulfide) groups is 1. The van der Waals surface area contributed by atoms with Gasteiger partial charge in [0.2, 0.25) is 11.7 Å². The number of benzene rings is 1. The summed E-state index contributed by atoms with van der Waals surface area (Å²) in [4.78, 5) is 13.8. The molecule has 0 atom stereocenters. The summed E-state index contributed by atoms with van der Waals surface area (Å²) in [6.07, 6.45) is 9.16. The molecule has 1 aromatic carbocycles. The second kappa shape index (κ2) is 7.13. The molecule has 26 heavy (non-hydrogen) atoms. The Balaban J connectivity index is 1.62. The zero-order chi connectivity index (χ0) is 17.9. The first-order valence-corrected chi connectivity index (χ1v) is 9.17. The largest absolute Gasteiger partial charge is 0.471 e. The third-order valence-electron chi connectivity index (χ3n) is 3.84. The van der Waals surface area contributed by atoms with Gasteiger partial charge in [0.25, 0.3) is 0 Å². The standard InChI is InChI=1S/C19H15FN4OS/c1-26-17-8-14(20)5-6-16(17)13-9-22-19-23-15(11-24(19)10-13)12-25-18-4-2-3-7-21-18/h2-11H,12H2,1H3. The fraction of sp³-hybridized carbons (Fsp3) is 0.105. The molecule has 0 aliphatic carbocycles. The predicted molar refractivity (Wildman–Crippen MR) is 98.7 cm³/mol. The van der Waals surface area contributed by atoms with Gasteiger partial charge in [0, 0.05) is 41.3 Å². The molecule has 0 spiro atoms. The maximum atomic E-state index is 13.5. The summed E-state index contributed by atoms with van der Waals surface area (Å²) in [5.74, 6) is 0.888. The van der Waals surface area contributed by atoms with Crippen molar-refractivity contribution in [2.45, 2.75) is 11.5 Å². The Hall–Kier alpha value is -2.93. The molecule has 0 unspecified atom stereocenters. The Kier molecular flexibility index (Phi) is 4.53. The normalized spacial score (nSPS) is 11.0. The van der Waals surface area contributed by atoms with Gasteiger partial charge in [-0.15, -0.1) is 11.8 Å². The van der Waals surface area contributed by atoms with E-state index in [1.807, 2.05) is 35.2 Å². The van der Waals surface area contributed by atoms with E-state index in [1.54, 1.807) is 24.5 Å². The minimum Gasteiger partial charge on any atom is -0.471 e. The quantitative estimate of drug-likeness (QED) is 0.495. The highest BCUT2D eigenvalue weighted by atomic mass is 32.2. The molecule has 0 bridgehead atoms. The van der Waals surface area contributed by atoms with Crippen LogP contribution in [-0.4, -0.2) is 25.6 Å². The van der Waals surface area contributed by atoms with Crippen molar-refractivity contribution in [3.8, 4) is 17.0 Å². The lowest BCUT2D eigenvalue weighted by Gasteiger charge is -2.07. The number of ether oxygens (including phenoxy) is 1. The molecule has 4 rings (SSSR count). The molecule has 0 aliphatic rings. The van der Waals surface area contributed by atoms with Crippen LogP contribution in [0.1, 0.15) is 5.69 Å². The molecule has 0 N–H and O–H groups in total. The number of pyridine rings is 1. The Labute approximate surface area is 153 Å². The first kappa shape index (κ1) is 16.5. The van der Waals surface area contributed by atoms with Crippen LogP contribution in [0.25, 0.3) is 16.9 Å². The van der Waals surface area contributed by atoms with Gasteiger partial charge in [-0.1, -0.05) is 12.1 Å². The monoisotopic (exact) mass is 366 g/mol. The molecule has 4 aromatic rings. The van der Waals surface area contributed by atoms with Crippen LogP contribution in [0.3, 0.4) is 0 Å². The van der Waals surface area contributed by atoms with Gasteiger partial charge in [-0.05, 0) is 30.0 Å². The average Bonchev–Trinajstić information content (AvgIpc) is 3.09. The van der Waals surface area contributed by atoms with Crippen LogP contribution in [0.2, 0.25) is 0 Å². The number of hydrogen-bond donors (Lipinski definition) is 0. The van der Waals surface area contributed by atoms with Gasteiger partial charge in [-0.2, -0.15) is 0 Å². The number of nitrogens with zero attached hydrogens (tertiary/aromatic N) is 4. The second-order valence-electron chi connectivity index (χ2n) is 5.58. The Bertz CT molecular complexity index is 1050. The highest BCUT2D eigenvalue weighted by Crippen LogP contribution is 2.30. The lowest BCUT2D eigenvalue weighted by Crippen LogP contribution is -1.96. The fourth-order valence-electron chi connectivity index (χ4n) is 2.63. The van der Waals surface area contributed by atoms with Crippen molar-refractivity contribution >= 4 is 17.5 Å². The van der Waals surface area contributed by atoms with Crippen molar-refractivity contribution in [2.24, 2.45) is 0 Å². The van der Waals surface area contributed by atoms with E-state index in [9.17, 15) is 4.39 Å². The van der Waals surface area contributed by atoms with E-state index in [-0.39, 0.29) is 5.82 Å². The van der Waals surface area contributed by atoms with E-state index in [4.69, 9.17) is 4.74 Å². The zero-order valence-corrected chi connectivity index (χ0v) is 14.8. The van der Waals surface area contributed by atoms with Gasteiger partial charge in [0.15, 0.2) is 0 Å². The van der Waals surface area contributed by atoms with Crippen molar-refractivity contribution < 1.29 is 9.13 Å². The number of rotatable bonds is 5. The third kappa shape index (κ3) is 3.39. The molecule has 3 heterocycles. The summed E-state index contributed by atoms with van der Waals surface area (Å²) in [5, 5.41) is 0. The summed E-state index contributed by atoms with van der Waals surface area (Å²) in [5.41, 5.74) is 2.59. The summed E-state index contributed by atoms with van der Waals surface area (Å²) in [7, 11) is 0. The number of hydrogen-bond acceptors (Lipinski definition) is 5. The lowest BCUT2D eigenvalue weighted by molar-refractivity contribution is 0.290. The van der Waals surface area contributed by atoms with Crippen LogP contribution in [-0.2, 0) is 6.61 Å². The van der Waals surface area contributed by atoms with Crippen LogP contribution in [0.4, 0.5) is 4.39 Å². The molecule has 0 radical (unpaired) electrons. The highest BCUT2D eigenvalue weighted by molar-refractivity contribution is 7.98. The maximum absolute atomic E-state index is 13.5. The summed E-state index contributed by atoms with van der Waals surface area (Å²) >= 11 is 1.50. The molecule has 130 valence electrons. The highest BCUT2D eigenvalue weighted by Gasteiger charge is 2.10. The summed E-state index contributed by atoms with van der Waals surface area (Å²) in [6.45, 7) is 0.308. The number of halogens is 1. The predicted octanol–water partition coefficient (Wildman–Crippen LogP) is 4.23. The number of fused-ring (bicyclic) bond motifs is 1. The van der Waals surface area contributed by atoms with Crippen LogP contribution >= 0.6 is 11.8 Å². The third-order valence-corrected chi connectivity index (χ3v) is 4.62. The van der Waals surface area contributed by atoms with Crippen LogP contribution in [0.5, 0.6) is 5.88 Å². The minimum atomic E-state index is -0.247. The molecule has 5 nitrogen and oxygen atoms in total. The minimum absolute atomic E-state index is 0.247. The van der Waals surface area contributed by atoms with Crippen molar-refractivity contribution in [1.29, 1.82) is 0 Å². The van der Waals surface area contributed by atoms with Crippen LogP contribution in [0, 0.1) is 5.82 Å². The topological polar surface area (TPSA) is 52.3 Å². The second-order valence-corrected chi connectivity index (χ2v) is 6.43. The first-order valence-electron chi connectivity index (χ1n) is 7.94. The van der Waals surface area contributed by atoms with Gasteiger partial charge < -0.3 is 4.74 Å². The van der Waals surface area contributed by atoms with Gasteiger partial charge in [0.1, 0.15) is 12.4 Å². The van der Waals surface area contributed by atoms with Gasteiger partial charge >= 0.3 is 0 Å². The van der Waals surface area contributed by atoms with E-state index >= 15 is 0 Å².